The van der Waals surface area contributed by atoms with Crippen LogP contribution in [-0.2, 0) is 23.1 Å². The molecule has 0 saturated carbocycles. The molecule has 198 valence electrons. The van der Waals surface area contributed by atoms with Crippen LogP contribution in [-0.4, -0.2) is 58.0 Å². The summed E-state index contributed by atoms with van der Waals surface area (Å²) in [6.45, 7) is 2.20. The number of piperidine rings is 1. The maximum atomic E-state index is 13.1. The fourth-order valence-corrected chi connectivity index (χ4v) is 5.91. The molecule has 1 saturated heterocycles. The highest BCUT2D eigenvalue weighted by molar-refractivity contribution is 7.89. The molecule has 10 nitrogen and oxygen atoms in total. The van der Waals surface area contributed by atoms with Crippen molar-refractivity contribution in [3.05, 3.63) is 78.0 Å². The molecule has 1 fully saturated rings. The van der Waals surface area contributed by atoms with Crippen LogP contribution in [0.5, 0.6) is 0 Å². The van der Waals surface area contributed by atoms with E-state index < -0.39 is 10.0 Å². The quantitative estimate of drug-likeness (QED) is 0.336. The Morgan fingerprint density at radius 1 is 0.974 bits per heavy atom. The third-order valence-electron chi connectivity index (χ3n) is 6.49. The van der Waals surface area contributed by atoms with Gasteiger partial charge in [-0.3, -0.25) is 4.79 Å². The first-order chi connectivity index (χ1) is 18.4. The molecule has 0 bridgehead atoms. The number of sulfonamides is 1. The molecule has 0 spiro atoms. The molecule has 1 aliphatic rings. The predicted molar refractivity (Wildman–Crippen MR) is 140 cm³/mol. The van der Waals surface area contributed by atoms with Crippen molar-refractivity contribution in [2.24, 2.45) is 0 Å². The Bertz CT molecular complexity index is 1520. The predicted octanol–water partition coefficient (Wildman–Crippen LogP) is 3.18. The molecule has 12 heteroatoms. The van der Waals surface area contributed by atoms with E-state index in [1.807, 2.05) is 0 Å². The number of aromatic nitrogens is 4. The Morgan fingerprint density at radius 2 is 1.71 bits per heavy atom. The standard InChI is InChI=1S/C26H28FN7O3S/c27-21-8-4-19(5-9-21)16-29-24-23-17-32-34(25(23)31-18-30-24)15-12-28-26(35)20-6-10-22(11-7-20)38(36,37)33-13-2-1-3-14-33/h4-11,17-18H,1-3,12-16H2,(H,28,35)(H,29,30,31). The van der Waals surface area contributed by atoms with Crippen LogP contribution in [0.25, 0.3) is 11.0 Å². The molecule has 1 aliphatic heterocycles. The van der Waals surface area contributed by atoms with Gasteiger partial charge in [-0.2, -0.15) is 9.40 Å². The van der Waals surface area contributed by atoms with Gasteiger partial charge in [-0.05, 0) is 54.8 Å². The van der Waals surface area contributed by atoms with E-state index in [4.69, 9.17) is 0 Å². The minimum absolute atomic E-state index is 0.197. The van der Waals surface area contributed by atoms with Gasteiger partial charge in [0.05, 0.1) is 23.0 Å². The third kappa shape index (κ3) is 5.65. The fraction of sp³-hybridized carbons (Fsp3) is 0.308. The van der Waals surface area contributed by atoms with Crippen molar-refractivity contribution in [1.29, 1.82) is 0 Å². The van der Waals surface area contributed by atoms with Crippen molar-refractivity contribution in [2.75, 3.05) is 25.0 Å². The zero-order valence-electron chi connectivity index (χ0n) is 20.7. The number of hydrogen-bond acceptors (Lipinski definition) is 7. The number of amides is 1. The second kappa shape index (κ2) is 11.2. The lowest BCUT2D eigenvalue weighted by molar-refractivity contribution is 0.0952. The lowest BCUT2D eigenvalue weighted by Gasteiger charge is -2.25. The summed E-state index contributed by atoms with van der Waals surface area (Å²) in [5.41, 5.74) is 1.90. The summed E-state index contributed by atoms with van der Waals surface area (Å²) in [7, 11) is -3.54. The summed E-state index contributed by atoms with van der Waals surface area (Å²) in [6.07, 6.45) is 5.87. The van der Waals surface area contributed by atoms with Crippen molar-refractivity contribution < 1.29 is 17.6 Å². The zero-order chi connectivity index (χ0) is 26.5. The highest BCUT2D eigenvalue weighted by Crippen LogP contribution is 2.21. The first kappa shape index (κ1) is 25.7. The van der Waals surface area contributed by atoms with Gasteiger partial charge in [0.15, 0.2) is 5.65 Å². The van der Waals surface area contributed by atoms with Gasteiger partial charge in [-0.1, -0.05) is 18.6 Å². The van der Waals surface area contributed by atoms with E-state index in [1.54, 1.807) is 23.0 Å². The summed E-state index contributed by atoms with van der Waals surface area (Å²) >= 11 is 0. The molecule has 5 rings (SSSR count). The van der Waals surface area contributed by atoms with Crippen LogP contribution in [0.4, 0.5) is 10.2 Å². The maximum Gasteiger partial charge on any atom is 0.251 e. The maximum absolute atomic E-state index is 13.1. The smallest absolute Gasteiger partial charge is 0.251 e. The van der Waals surface area contributed by atoms with Gasteiger partial charge in [0.1, 0.15) is 18.0 Å². The van der Waals surface area contributed by atoms with E-state index in [0.29, 0.717) is 49.8 Å². The van der Waals surface area contributed by atoms with Crippen molar-refractivity contribution in [1.82, 2.24) is 29.4 Å². The lowest BCUT2D eigenvalue weighted by Crippen LogP contribution is -2.35. The van der Waals surface area contributed by atoms with Crippen LogP contribution in [0.15, 0.2) is 66.0 Å². The molecule has 0 atom stereocenters. The van der Waals surface area contributed by atoms with Gasteiger partial charge in [-0.15, -0.1) is 0 Å². The topological polar surface area (TPSA) is 122 Å². The number of benzene rings is 2. The molecule has 4 aromatic rings. The first-order valence-corrected chi connectivity index (χ1v) is 13.9. The number of rotatable bonds is 9. The Morgan fingerprint density at radius 3 is 2.45 bits per heavy atom. The average Bonchev–Trinajstić information content (AvgIpc) is 3.37. The average molecular weight is 538 g/mol. The Hall–Kier alpha value is -3.90. The minimum atomic E-state index is -3.54. The first-order valence-electron chi connectivity index (χ1n) is 12.4. The second-order valence-electron chi connectivity index (χ2n) is 9.05. The van der Waals surface area contributed by atoms with Crippen LogP contribution in [0, 0.1) is 5.82 Å². The second-order valence-corrected chi connectivity index (χ2v) is 11.0. The number of nitrogens with one attached hydrogen (secondary N) is 2. The van der Waals surface area contributed by atoms with Gasteiger partial charge in [0.25, 0.3) is 5.91 Å². The molecule has 0 aliphatic carbocycles. The molecule has 0 unspecified atom stereocenters. The van der Waals surface area contributed by atoms with Crippen LogP contribution in [0.1, 0.15) is 35.2 Å². The molecular formula is C26H28FN7O3S. The van der Waals surface area contributed by atoms with Gasteiger partial charge in [0, 0.05) is 31.7 Å². The Balaban J connectivity index is 1.17. The lowest BCUT2D eigenvalue weighted by atomic mass is 10.2. The molecule has 3 heterocycles. The van der Waals surface area contributed by atoms with Crippen molar-refractivity contribution in [3.63, 3.8) is 0 Å². The molecule has 0 radical (unpaired) electrons. The van der Waals surface area contributed by atoms with Crippen LogP contribution in [0.2, 0.25) is 0 Å². The number of carbonyl (C=O) groups excluding carboxylic acids is 1. The van der Waals surface area contributed by atoms with E-state index in [2.05, 4.69) is 25.7 Å². The molecular weight excluding hydrogens is 509 g/mol. The van der Waals surface area contributed by atoms with E-state index >= 15 is 0 Å². The Labute approximate surface area is 219 Å². The number of fused-ring (bicyclic) bond motifs is 1. The van der Waals surface area contributed by atoms with Gasteiger partial charge < -0.3 is 10.6 Å². The summed E-state index contributed by atoms with van der Waals surface area (Å²) < 4.78 is 41.9. The van der Waals surface area contributed by atoms with Crippen molar-refractivity contribution >= 4 is 32.8 Å². The van der Waals surface area contributed by atoms with E-state index in [1.165, 1.54) is 47.0 Å². The van der Waals surface area contributed by atoms with Crippen molar-refractivity contribution in [2.45, 2.75) is 37.2 Å². The summed E-state index contributed by atoms with van der Waals surface area (Å²) in [5, 5.41) is 11.2. The van der Waals surface area contributed by atoms with Gasteiger partial charge in [-0.25, -0.2) is 27.5 Å². The SMILES string of the molecule is O=C(NCCn1ncc2c(NCc3ccc(F)cc3)ncnc21)c1ccc(S(=O)(=O)N2CCCCC2)cc1. The van der Waals surface area contributed by atoms with Crippen LogP contribution < -0.4 is 10.6 Å². The number of halogens is 1. The molecule has 1 amide bonds. The fourth-order valence-electron chi connectivity index (χ4n) is 4.40. The number of nitrogens with zero attached hydrogens (tertiary/aromatic N) is 5. The largest absolute Gasteiger partial charge is 0.365 e. The molecule has 2 N–H and O–H groups in total. The minimum Gasteiger partial charge on any atom is -0.365 e. The Kier molecular flexibility index (Phi) is 7.61. The number of hydrogen-bond donors (Lipinski definition) is 2. The highest BCUT2D eigenvalue weighted by Gasteiger charge is 2.26. The summed E-state index contributed by atoms with van der Waals surface area (Å²) in [4.78, 5) is 21.4. The normalized spacial score (nSPS) is 14.4. The van der Waals surface area contributed by atoms with E-state index in [9.17, 15) is 17.6 Å². The highest BCUT2D eigenvalue weighted by atomic mass is 32.2. The van der Waals surface area contributed by atoms with Gasteiger partial charge >= 0.3 is 0 Å². The molecule has 2 aromatic carbocycles. The molecule has 38 heavy (non-hydrogen) atoms. The summed E-state index contributed by atoms with van der Waals surface area (Å²) in [5.74, 6) is 0.0123. The zero-order valence-corrected chi connectivity index (χ0v) is 21.5. The van der Waals surface area contributed by atoms with Gasteiger partial charge in [0.2, 0.25) is 10.0 Å². The van der Waals surface area contributed by atoms with Crippen LogP contribution in [0.3, 0.4) is 0 Å². The van der Waals surface area contributed by atoms with E-state index in [0.717, 1.165) is 30.2 Å². The number of anilines is 1. The third-order valence-corrected chi connectivity index (χ3v) is 8.40. The molecule has 2 aromatic heterocycles. The number of carbonyl (C=O) groups is 1. The van der Waals surface area contributed by atoms with Crippen molar-refractivity contribution in [3.8, 4) is 0 Å². The van der Waals surface area contributed by atoms with Crippen LogP contribution >= 0.6 is 0 Å². The van der Waals surface area contributed by atoms with E-state index in [-0.39, 0.29) is 16.6 Å². The monoisotopic (exact) mass is 537 g/mol. The summed E-state index contributed by atoms with van der Waals surface area (Å²) in [6, 6.07) is 12.2.